The van der Waals surface area contributed by atoms with Gasteiger partial charge in [0, 0.05) is 24.3 Å². The molecule has 4 amide bonds. The summed E-state index contributed by atoms with van der Waals surface area (Å²) in [5.41, 5.74) is 5.87. The molecular weight excluding hydrogens is 556 g/mol. The predicted molar refractivity (Wildman–Crippen MR) is 170 cm³/mol. The van der Waals surface area contributed by atoms with Crippen LogP contribution in [0.25, 0.3) is 11.8 Å². The number of aromatic hydroxyl groups is 1. The predicted octanol–water partition coefficient (Wildman–Crippen LogP) is 5.34. The zero-order valence-electron chi connectivity index (χ0n) is 26.5. The third-order valence-electron chi connectivity index (χ3n) is 8.23. The Hall–Kier alpha value is -4.47. The molecule has 0 spiro atoms. The van der Waals surface area contributed by atoms with Gasteiger partial charge < -0.3 is 10.0 Å². The van der Waals surface area contributed by atoms with Crippen LogP contribution in [0.1, 0.15) is 88.9 Å². The van der Waals surface area contributed by atoms with Crippen molar-refractivity contribution in [2.45, 2.75) is 85.6 Å². The van der Waals surface area contributed by atoms with E-state index in [-0.39, 0.29) is 22.2 Å². The summed E-state index contributed by atoms with van der Waals surface area (Å²) in [5, 5.41) is 25.5. The number of fused-ring (bicyclic) bond motifs is 1. The summed E-state index contributed by atoms with van der Waals surface area (Å²) >= 11 is 0. The molecule has 3 aromatic rings. The first-order chi connectivity index (χ1) is 20.7. The van der Waals surface area contributed by atoms with Crippen LogP contribution in [0.5, 0.6) is 5.75 Å². The van der Waals surface area contributed by atoms with Crippen molar-refractivity contribution < 1.29 is 19.5 Å². The summed E-state index contributed by atoms with van der Waals surface area (Å²) in [4.78, 5) is 39.4. The molecule has 3 N–H and O–H groups in total. The number of urea groups is 1. The Balaban J connectivity index is 1.49. The van der Waals surface area contributed by atoms with Crippen LogP contribution in [0.15, 0.2) is 42.0 Å². The molecule has 1 aromatic heterocycles. The van der Waals surface area contributed by atoms with Crippen LogP contribution in [0, 0.1) is 5.41 Å². The number of hydrogen-bond acceptors (Lipinski definition) is 7. The van der Waals surface area contributed by atoms with Crippen molar-refractivity contribution in [3.63, 3.8) is 0 Å². The Labute approximate surface area is 258 Å². The van der Waals surface area contributed by atoms with Gasteiger partial charge in [-0.2, -0.15) is 10.2 Å². The van der Waals surface area contributed by atoms with E-state index in [9.17, 15) is 19.5 Å². The summed E-state index contributed by atoms with van der Waals surface area (Å²) in [6, 6.07) is 10.8. The largest absolute Gasteiger partial charge is 0.505 e. The van der Waals surface area contributed by atoms with Crippen molar-refractivity contribution in [1.29, 1.82) is 0 Å². The first kappa shape index (κ1) is 31.0. The number of nitrogens with one attached hydrogen (secondary N) is 2. The molecule has 1 fully saturated rings. The molecule has 10 heteroatoms. The summed E-state index contributed by atoms with van der Waals surface area (Å²) in [6.07, 6.45) is 6.41. The molecule has 44 heavy (non-hydrogen) atoms. The number of carbonyl (C=O) groups excluding carboxylic acids is 3. The third-order valence-corrected chi connectivity index (χ3v) is 8.23. The number of barbiturate groups is 1. The van der Waals surface area contributed by atoms with E-state index in [0.717, 1.165) is 60.3 Å². The second kappa shape index (κ2) is 11.9. The zero-order chi connectivity index (χ0) is 31.8. The van der Waals surface area contributed by atoms with E-state index < -0.39 is 17.8 Å². The van der Waals surface area contributed by atoms with E-state index in [1.165, 1.54) is 6.08 Å². The molecule has 0 saturated carbocycles. The Kier molecular flexibility index (Phi) is 8.38. The Morgan fingerprint density at radius 2 is 1.52 bits per heavy atom. The Morgan fingerprint density at radius 3 is 2.07 bits per heavy atom. The quantitative estimate of drug-likeness (QED) is 0.236. The molecule has 0 unspecified atom stereocenters. The number of hydrogen-bond donors (Lipinski definition) is 3. The smallest absolute Gasteiger partial charge is 0.328 e. The molecular formula is C34H42N6O4. The van der Waals surface area contributed by atoms with Gasteiger partial charge in [-0.1, -0.05) is 46.8 Å². The van der Waals surface area contributed by atoms with Gasteiger partial charge in [-0.25, -0.2) is 4.79 Å². The second-order valence-corrected chi connectivity index (χ2v) is 13.6. The highest BCUT2D eigenvalue weighted by molar-refractivity contribution is 6.31. The van der Waals surface area contributed by atoms with Gasteiger partial charge in [-0.3, -0.25) is 20.2 Å². The van der Waals surface area contributed by atoms with Gasteiger partial charge in [0.05, 0.1) is 11.4 Å². The number of aromatic nitrogens is 3. The lowest BCUT2D eigenvalue weighted by Gasteiger charge is -2.34. The third kappa shape index (κ3) is 6.69. The summed E-state index contributed by atoms with van der Waals surface area (Å²) in [6.45, 7) is 14.4. The van der Waals surface area contributed by atoms with Crippen LogP contribution in [0.2, 0.25) is 0 Å². The number of amides is 4. The molecule has 1 aliphatic carbocycles. The fourth-order valence-electron chi connectivity index (χ4n) is 6.36. The standard InChI is InChI=1S/C34H42N6O4/c1-7-39(24-14-12-21(13-15-24)16-25-30(42)35-32(44)36-31(25)43)19-22-17-23(34(5,6)20-33(2,3)4)18-28(29(22)41)40-37-26-10-8-9-11-27(26)38-40/h12-18,41H,7-11,19-20H2,1-6H3,(H2,35,36,42,43,44). The minimum Gasteiger partial charge on any atom is -0.505 e. The number of phenols is 1. The maximum atomic E-state index is 12.1. The number of nitrogens with zero attached hydrogens (tertiary/aromatic N) is 4. The number of aryl methyl sites for hydroxylation is 2. The molecule has 1 aliphatic heterocycles. The van der Waals surface area contributed by atoms with Gasteiger partial charge in [-0.05, 0) is 91.3 Å². The van der Waals surface area contributed by atoms with Crippen LogP contribution in [-0.4, -0.2) is 44.5 Å². The lowest BCUT2D eigenvalue weighted by atomic mass is 9.72. The molecule has 10 nitrogen and oxygen atoms in total. The first-order valence-electron chi connectivity index (χ1n) is 15.3. The van der Waals surface area contributed by atoms with Gasteiger partial charge in [0.15, 0.2) is 0 Å². The van der Waals surface area contributed by atoms with Crippen LogP contribution >= 0.6 is 0 Å². The molecule has 2 aromatic carbocycles. The number of rotatable bonds is 8. The number of anilines is 1. The van der Waals surface area contributed by atoms with Gasteiger partial charge >= 0.3 is 6.03 Å². The minimum absolute atomic E-state index is 0.103. The van der Waals surface area contributed by atoms with E-state index in [2.05, 4.69) is 63.1 Å². The van der Waals surface area contributed by atoms with E-state index in [0.29, 0.717) is 24.3 Å². The zero-order valence-corrected chi connectivity index (χ0v) is 26.5. The SMILES string of the molecule is CCN(Cc1cc(C(C)(C)CC(C)(C)C)cc(-n2nc3c(n2)CCCC3)c1O)c1ccc(C=C2C(=O)NC(=O)NC2=O)cc1. The summed E-state index contributed by atoms with van der Waals surface area (Å²) in [5.74, 6) is -1.30. The van der Waals surface area contributed by atoms with Gasteiger partial charge in [-0.15, -0.1) is 4.80 Å². The minimum atomic E-state index is -0.828. The van der Waals surface area contributed by atoms with Crippen LogP contribution in [-0.2, 0) is 34.4 Å². The van der Waals surface area contributed by atoms with E-state index in [4.69, 9.17) is 10.2 Å². The van der Waals surface area contributed by atoms with Crippen LogP contribution in [0.3, 0.4) is 0 Å². The normalized spacial score (nSPS) is 15.5. The van der Waals surface area contributed by atoms with Crippen LogP contribution < -0.4 is 15.5 Å². The maximum Gasteiger partial charge on any atom is 0.328 e. The van der Waals surface area contributed by atoms with Crippen molar-refractivity contribution in [2.24, 2.45) is 5.41 Å². The average molecular weight is 599 g/mol. The average Bonchev–Trinajstić information content (AvgIpc) is 3.37. The molecule has 2 aliphatic rings. The van der Waals surface area contributed by atoms with Gasteiger partial charge in [0.25, 0.3) is 11.8 Å². The van der Waals surface area contributed by atoms with Gasteiger partial charge in [0.2, 0.25) is 0 Å². The molecule has 1 saturated heterocycles. The molecule has 5 rings (SSSR count). The fraction of sp³-hybridized carbons (Fsp3) is 0.441. The molecule has 0 bridgehead atoms. The van der Waals surface area contributed by atoms with Crippen molar-refractivity contribution in [3.8, 4) is 11.4 Å². The summed E-state index contributed by atoms with van der Waals surface area (Å²) in [7, 11) is 0. The highest BCUT2D eigenvalue weighted by atomic mass is 16.3. The Bertz CT molecular complexity index is 1580. The number of benzene rings is 2. The number of phenolic OH excluding ortho intramolecular Hbond substituents is 1. The number of imide groups is 2. The summed E-state index contributed by atoms with van der Waals surface area (Å²) < 4.78 is 0. The van der Waals surface area contributed by atoms with Crippen molar-refractivity contribution in [3.05, 3.63) is 70.0 Å². The molecule has 0 radical (unpaired) electrons. The van der Waals surface area contributed by atoms with E-state index in [1.807, 2.05) is 30.3 Å². The lowest BCUT2D eigenvalue weighted by molar-refractivity contribution is -0.123. The van der Waals surface area contributed by atoms with E-state index in [1.54, 1.807) is 4.80 Å². The Morgan fingerprint density at radius 1 is 0.932 bits per heavy atom. The fourth-order valence-corrected chi connectivity index (χ4v) is 6.36. The lowest BCUT2D eigenvalue weighted by Crippen LogP contribution is -2.51. The number of carbonyl (C=O) groups is 3. The van der Waals surface area contributed by atoms with Crippen molar-refractivity contribution in [2.75, 3.05) is 11.4 Å². The second-order valence-electron chi connectivity index (χ2n) is 13.6. The van der Waals surface area contributed by atoms with Crippen molar-refractivity contribution >= 4 is 29.6 Å². The van der Waals surface area contributed by atoms with E-state index >= 15 is 0 Å². The maximum absolute atomic E-state index is 12.1. The molecule has 2 heterocycles. The highest BCUT2D eigenvalue weighted by Gasteiger charge is 2.31. The van der Waals surface area contributed by atoms with Crippen molar-refractivity contribution in [1.82, 2.24) is 25.6 Å². The highest BCUT2D eigenvalue weighted by Crippen LogP contribution is 2.40. The molecule has 232 valence electrons. The monoisotopic (exact) mass is 598 g/mol. The van der Waals surface area contributed by atoms with Crippen LogP contribution in [0.4, 0.5) is 10.5 Å². The molecule has 0 atom stereocenters. The first-order valence-corrected chi connectivity index (χ1v) is 15.3. The topological polar surface area (TPSA) is 129 Å². The van der Waals surface area contributed by atoms with Gasteiger partial charge in [0.1, 0.15) is 17.0 Å².